The minimum atomic E-state index is 0.115. The molecule has 0 saturated carbocycles. The first-order valence-electron chi connectivity index (χ1n) is 8.02. The zero-order valence-electron chi connectivity index (χ0n) is 13.7. The second-order valence-corrected chi connectivity index (χ2v) is 6.34. The Morgan fingerprint density at radius 3 is 2.76 bits per heavy atom. The Balaban J connectivity index is 2.09. The number of ether oxygens (including phenoxy) is 1. The first-order chi connectivity index (χ1) is 10.1. The molecule has 1 aromatic heterocycles. The van der Waals surface area contributed by atoms with Crippen LogP contribution >= 0.6 is 0 Å². The maximum atomic E-state index is 5.66. The molecule has 1 unspecified atom stereocenters. The molecule has 1 fully saturated rings. The summed E-state index contributed by atoms with van der Waals surface area (Å²) in [7, 11) is 0. The Kier molecular flexibility index (Phi) is 5.79. The van der Waals surface area contributed by atoms with Gasteiger partial charge in [-0.15, -0.1) is 0 Å². The summed E-state index contributed by atoms with van der Waals surface area (Å²) >= 11 is 0. The zero-order chi connectivity index (χ0) is 15.2. The summed E-state index contributed by atoms with van der Waals surface area (Å²) in [6.07, 6.45) is 6.18. The van der Waals surface area contributed by atoms with Crippen molar-refractivity contribution < 1.29 is 4.74 Å². The van der Waals surface area contributed by atoms with E-state index in [0.717, 1.165) is 25.5 Å². The number of hydrogen-bond donors (Lipinski definition) is 1. The van der Waals surface area contributed by atoms with Crippen LogP contribution in [0.15, 0.2) is 12.4 Å². The first kappa shape index (κ1) is 16.0. The summed E-state index contributed by atoms with van der Waals surface area (Å²) < 4.78 is 5.66. The highest BCUT2D eigenvalue weighted by molar-refractivity contribution is 5.38. The number of nitrogens with zero attached hydrogens (tertiary/aromatic N) is 3. The van der Waals surface area contributed by atoms with E-state index in [9.17, 15) is 0 Å². The molecule has 0 amide bonds. The standard InChI is InChI=1S/C16H28N4O/c1-12(2)20(11-14-6-5-7-17-8-14)15-9-18-10-16(19-15)21-13(3)4/h9-10,12-14,17H,5-8,11H2,1-4H3. The number of anilines is 1. The average molecular weight is 292 g/mol. The van der Waals surface area contributed by atoms with E-state index in [-0.39, 0.29) is 6.10 Å². The van der Waals surface area contributed by atoms with E-state index >= 15 is 0 Å². The van der Waals surface area contributed by atoms with E-state index < -0.39 is 0 Å². The van der Waals surface area contributed by atoms with Crippen LogP contribution in [0, 0.1) is 5.92 Å². The van der Waals surface area contributed by atoms with Gasteiger partial charge in [-0.05, 0) is 59.5 Å². The smallest absolute Gasteiger partial charge is 0.234 e. The van der Waals surface area contributed by atoms with Gasteiger partial charge in [0, 0.05) is 12.6 Å². The second kappa shape index (κ2) is 7.59. The lowest BCUT2D eigenvalue weighted by Crippen LogP contribution is -2.41. The fourth-order valence-corrected chi connectivity index (χ4v) is 2.70. The van der Waals surface area contributed by atoms with Crippen molar-refractivity contribution in [3.63, 3.8) is 0 Å². The van der Waals surface area contributed by atoms with Gasteiger partial charge in [-0.2, -0.15) is 4.98 Å². The van der Waals surface area contributed by atoms with Crippen LogP contribution in [0.3, 0.4) is 0 Å². The van der Waals surface area contributed by atoms with Crippen LogP contribution in [0.2, 0.25) is 0 Å². The molecule has 0 radical (unpaired) electrons. The summed E-state index contributed by atoms with van der Waals surface area (Å²) in [6.45, 7) is 11.7. The lowest BCUT2D eigenvalue weighted by Gasteiger charge is -2.33. The molecule has 0 aromatic carbocycles. The third-order valence-corrected chi connectivity index (χ3v) is 3.73. The predicted octanol–water partition coefficient (Wildman–Crippen LogP) is 2.48. The van der Waals surface area contributed by atoms with E-state index in [1.54, 1.807) is 6.20 Å². The van der Waals surface area contributed by atoms with Gasteiger partial charge in [-0.1, -0.05) is 0 Å². The summed E-state index contributed by atoms with van der Waals surface area (Å²) in [6, 6.07) is 0.399. The lowest BCUT2D eigenvalue weighted by atomic mass is 9.98. The monoisotopic (exact) mass is 292 g/mol. The molecule has 1 aliphatic rings. The maximum Gasteiger partial charge on any atom is 0.234 e. The van der Waals surface area contributed by atoms with Crippen LogP contribution in [-0.4, -0.2) is 41.7 Å². The zero-order valence-corrected chi connectivity index (χ0v) is 13.7. The highest BCUT2D eigenvalue weighted by Crippen LogP contribution is 2.21. The van der Waals surface area contributed by atoms with Crippen molar-refractivity contribution in [3.8, 4) is 5.88 Å². The van der Waals surface area contributed by atoms with Crippen molar-refractivity contribution in [1.82, 2.24) is 15.3 Å². The molecule has 21 heavy (non-hydrogen) atoms. The Morgan fingerprint density at radius 1 is 1.33 bits per heavy atom. The Hall–Kier alpha value is -1.36. The molecule has 2 heterocycles. The molecule has 0 aliphatic carbocycles. The van der Waals surface area contributed by atoms with Gasteiger partial charge in [-0.3, -0.25) is 4.98 Å². The Morgan fingerprint density at radius 2 is 2.14 bits per heavy atom. The predicted molar refractivity (Wildman–Crippen MR) is 85.9 cm³/mol. The summed E-state index contributed by atoms with van der Waals surface area (Å²) in [5.74, 6) is 2.20. The molecule has 1 aliphatic heterocycles. The second-order valence-electron chi connectivity index (χ2n) is 6.34. The van der Waals surface area contributed by atoms with Crippen LogP contribution in [0.25, 0.3) is 0 Å². The number of aromatic nitrogens is 2. The average Bonchev–Trinajstić information content (AvgIpc) is 2.45. The van der Waals surface area contributed by atoms with Gasteiger partial charge in [0.1, 0.15) is 0 Å². The Labute approximate surface area is 128 Å². The Bertz CT molecular complexity index is 430. The van der Waals surface area contributed by atoms with Gasteiger partial charge in [0.05, 0.1) is 18.5 Å². The van der Waals surface area contributed by atoms with Crippen molar-refractivity contribution >= 4 is 5.82 Å². The van der Waals surface area contributed by atoms with Gasteiger partial charge in [0.2, 0.25) is 5.88 Å². The fourth-order valence-electron chi connectivity index (χ4n) is 2.70. The number of nitrogens with one attached hydrogen (secondary N) is 1. The number of hydrogen-bond acceptors (Lipinski definition) is 5. The molecule has 2 rings (SSSR count). The van der Waals surface area contributed by atoms with Crippen molar-refractivity contribution in [2.24, 2.45) is 5.92 Å². The molecule has 118 valence electrons. The molecular formula is C16H28N4O. The molecule has 1 aromatic rings. The van der Waals surface area contributed by atoms with Gasteiger partial charge in [-0.25, -0.2) is 0 Å². The minimum absolute atomic E-state index is 0.115. The molecular weight excluding hydrogens is 264 g/mol. The number of rotatable bonds is 6. The maximum absolute atomic E-state index is 5.66. The minimum Gasteiger partial charge on any atom is -0.474 e. The topological polar surface area (TPSA) is 50.3 Å². The van der Waals surface area contributed by atoms with Gasteiger partial charge < -0.3 is 15.0 Å². The summed E-state index contributed by atoms with van der Waals surface area (Å²) in [4.78, 5) is 11.2. The van der Waals surface area contributed by atoms with Crippen molar-refractivity contribution in [3.05, 3.63) is 12.4 Å². The molecule has 1 N–H and O–H groups in total. The summed E-state index contributed by atoms with van der Waals surface area (Å²) in [5, 5.41) is 3.48. The van der Waals surface area contributed by atoms with Crippen LogP contribution in [0.4, 0.5) is 5.82 Å². The highest BCUT2D eigenvalue weighted by atomic mass is 16.5. The van der Waals surface area contributed by atoms with Gasteiger partial charge in [0.15, 0.2) is 5.82 Å². The third-order valence-electron chi connectivity index (χ3n) is 3.73. The van der Waals surface area contributed by atoms with Crippen molar-refractivity contribution in [2.75, 3.05) is 24.5 Å². The summed E-state index contributed by atoms with van der Waals surface area (Å²) in [5.41, 5.74) is 0. The van der Waals surface area contributed by atoms with E-state index in [1.807, 2.05) is 20.0 Å². The lowest BCUT2D eigenvalue weighted by molar-refractivity contribution is 0.231. The quantitative estimate of drug-likeness (QED) is 0.873. The van der Waals surface area contributed by atoms with Crippen LogP contribution < -0.4 is 15.0 Å². The van der Waals surface area contributed by atoms with Crippen molar-refractivity contribution in [1.29, 1.82) is 0 Å². The molecule has 1 saturated heterocycles. The molecule has 0 spiro atoms. The van der Waals surface area contributed by atoms with E-state index in [1.165, 1.54) is 12.8 Å². The molecule has 0 bridgehead atoms. The number of piperidine rings is 1. The first-order valence-corrected chi connectivity index (χ1v) is 8.02. The highest BCUT2D eigenvalue weighted by Gasteiger charge is 2.20. The van der Waals surface area contributed by atoms with E-state index in [2.05, 4.69) is 34.0 Å². The molecule has 5 heteroatoms. The van der Waals surface area contributed by atoms with E-state index in [4.69, 9.17) is 4.74 Å². The molecule has 1 atom stereocenters. The third kappa shape index (κ3) is 4.84. The van der Waals surface area contributed by atoms with Gasteiger partial charge in [0.25, 0.3) is 0 Å². The SMILES string of the molecule is CC(C)Oc1cncc(N(CC2CCCNC2)C(C)C)n1. The van der Waals surface area contributed by atoms with E-state index in [0.29, 0.717) is 17.8 Å². The largest absolute Gasteiger partial charge is 0.474 e. The van der Waals surface area contributed by atoms with Crippen LogP contribution in [0.5, 0.6) is 5.88 Å². The van der Waals surface area contributed by atoms with Gasteiger partial charge >= 0.3 is 0 Å². The van der Waals surface area contributed by atoms with Crippen LogP contribution in [0.1, 0.15) is 40.5 Å². The van der Waals surface area contributed by atoms with Crippen molar-refractivity contribution in [2.45, 2.75) is 52.7 Å². The normalized spacial score (nSPS) is 19.0. The van der Waals surface area contributed by atoms with Crippen LogP contribution in [-0.2, 0) is 0 Å². The molecule has 5 nitrogen and oxygen atoms in total. The fraction of sp³-hybridized carbons (Fsp3) is 0.750.